The van der Waals surface area contributed by atoms with E-state index in [-0.39, 0.29) is 18.2 Å². The molecule has 0 aromatic heterocycles. The van der Waals surface area contributed by atoms with Gasteiger partial charge in [0.1, 0.15) is 6.54 Å². The van der Waals surface area contributed by atoms with Gasteiger partial charge in [-0.2, -0.15) is 0 Å². The van der Waals surface area contributed by atoms with Crippen molar-refractivity contribution in [3.05, 3.63) is 52.5 Å². The molecule has 0 radical (unpaired) electrons. The highest BCUT2D eigenvalue weighted by Crippen LogP contribution is 2.36. The first kappa shape index (κ1) is 13.8. The molecule has 0 spiro atoms. The molecule has 0 bridgehead atoms. The zero-order valence-corrected chi connectivity index (χ0v) is 13.0. The zero-order valence-electron chi connectivity index (χ0n) is 11.4. The van der Waals surface area contributed by atoms with Crippen molar-refractivity contribution >= 4 is 44.7 Å². The first-order valence-corrected chi connectivity index (χ1v) is 7.32. The SMILES string of the molecule is CC(=O)c1ccc(N2CC(=O)Nc3ccccc32)cc1Br. The van der Waals surface area contributed by atoms with Gasteiger partial charge in [-0.15, -0.1) is 0 Å². The van der Waals surface area contributed by atoms with E-state index < -0.39 is 0 Å². The first-order valence-electron chi connectivity index (χ1n) is 6.53. The van der Waals surface area contributed by atoms with E-state index in [0.29, 0.717) is 5.56 Å². The van der Waals surface area contributed by atoms with Crippen molar-refractivity contribution in [2.45, 2.75) is 6.92 Å². The van der Waals surface area contributed by atoms with Gasteiger partial charge in [-0.05, 0) is 53.2 Å². The minimum atomic E-state index is -0.0551. The molecule has 0 saturated carbocycles. The van der Waals surface area contributed by atoms with Crippen molar-refractivity contribution in [1.29, 1.82) is 0 Å². The molecule has 2 aromatic rings. The van der Waals surface area contributed by atoms with E-state index in [4.69, 9.17) is 0 Å². The summed E-state index contributed by atoms with van der Waals surface area (Å²) < 4.78 is 0.732. The molecule has 0 unspecified atom stereocenters. The number of amides is 1. The summed E-state index contributed by atoms with van der Waals surface area (Å²) >= 11 is 3.42. The number of rotatable bonds is 2. The monoisotopic (exact) mass is 344 g/mol. The number of anilines is 3. The van der Waals surface area contributed by atoms with Gasteiger partial charge in [0.05, 0.1) is 11.4 Å². The van der Waals surface area contributed by atoms with Crippen LogP contribution in [-0.2, 0) is 4.79 Å². The van der Waals surface area contributed by atoms with E-state index in [1.165, 1.54) is 6.92 Å². The Bertz CT molecular complexity index is 743. The lowest BCUT2D eigenvalue weighted by atomic mass is 10.1. The number of carbonyl (C=O) groups is 2. The van der Waals surface area contributed by atoms with Crippen LogP contribution in [0.4, 0.5) is 17.1 Å². The van der Waals surface area contributed by atoms with Crippen molar-refractivity contribution in [2.24, 2.45) is 0 Å². The smallest absolute Gasteiger partial charge is 0.244 e. The van der Waals surface area contributed by atoms with Crippen LogP contribution >= 0.6 is 15.9 Å². The van der Waals surface area contributed by atoms with Crippen LogP contribution in [0.15, 0.2) is 46.9 Å². The van der Waals surface area contributed by atoms with Gasteiger partial charge in [0.15, 0.2) is 5.78 Å². The van der Waals surface area contributed by atoms with Crippen LogP contribution in [0.25, 0.3) is 0 Å². The second kappa shape index (κ2) is 5.33. The summed E-state index contributed by atoms with van der Waals surface area (Å²) in [5, 5.41) is 2.86. The summed E-state index contributed by atoms with van der Waals surface area (Å²) in [6.07, 6.45) is 0. The summed E-state index contributed by atoms with van der Waals surface area (Å²) in [4.78, 5) is 25.3. The summed E-state index contributed by atoms with van der Waals surface area (Å²) in [5.41, 5.74) is 3.24. The van der Waals surface area contributed by atoms with E-state index in [9.17, 15) is 9.59 Å². The Hall–Kier alpha value is -2.14. The fourth-order valence-corrected chi connectivity index (χ4v) is 3.07. The molecule has 1 amide bonds. The molecule has 1 aliphatic rings. The summed E-state index contributed by atoms with van der Waals surface area (Å²) in [5.74, 6) is -0.0503. The van der Waals surface area contributed by atoms with E-state index in [1.54, 1.807) is 6.07 Å². The van der Waals surface area contributed by atoms with E-state index in [0.717, 1.165) is 21.5 Å². The molecule has 1 heterocycles. The average molecular weight is 345 g/mol. The molecule has 4 nitrogen and oxygen atoms in total. The van der Waals surface area contributed by atoms with E-state index in [2.05, 4.69) is 21.2 Å². The van der Waals surface area contributed by atoms with Gasteiger partial charge in [-0.25, -0.2) is 0 Å². The maximum absolute atomic E-state index is 11.9. The van der Waals surface area contributed by atoms with Crippen molar-refractivity contribution in [3.63, 3.8) is 0 Å². The Morgan fingerprint density at radius 3 is 2.71 bits per heavy atom. The van der Waals surface area contributed by atoms with Gasteiger partial charge >= 0.3 is 0 Å². The Kier molecular flexibility index (Phi) is 3.51. The molecule has 1 N–H and O–H groups in total. The van der Waals surface area contributed by atoms with Gasteiger partial charge in [-0.3, -0.25) is 9.59 Å². The zero-order chi connectivity index (χ0) is 15.0. The van der Waals surface area contributed by atoms with Gasteiger partial charge in [0.2, 0.25) is 5.91 Å². The number of nitrogens with zero attached hydrogens (tertiary/aromatic N) is 1. The highest BCUT2D eigenvalue weighted by molar-refractivity contribution is 9.10. The third kappa shape index (κ3) is 2.56. The van der Waals surface area contributed by atoms with E-state index in [1.807, 2.05) is 41.3 Å². The fourth-order valence-electron chi connectivity index (χ4n) is 2.42. The highest BCUT2D eigenvalue weighted by Gasteiger charge is 2.23. The molecule has 1 aliphatic heterocycles. The topological polar surface area (TPSA) is 49.4 Å². The number of hydrogen-bond acceptors (Lipinski definition) is 3. The number of benzene rings is 2. The number of ketones is 1. The number of halogens is 1. The van der Waals surface area contributed by atoms with Crippen LogP contribution in [-0.4, -0.2) is 18.2 Å². The number of nitrogens with one attached hydrogen (secondary N) is 1. The summed E-state index contributed by atoms with van der Waals surface area (Å²) in [6, 6.07) is 13.2. The number of fused-ring (bicyclic) bond motifs is 1. The van der Waals surface area contributed by atoms with Crippen LogP contribution in [0.2, 0.25) is 0 Å². The standard InChI is InChI=1S/C16H13BrN2O2/c1-10(20)12-7-6-11(8-13(12)17)19-9-16(21)18-14-4-2-3-5-15(14)19/h2-8H,9H2,1H3,(H,18,21). The fraction of sp³-hybridized carbons (Fsp3) is 0.125. The predicted molar refractivity (Wildman–Crippen MR) is 86.2 cm³/mol. The molecule has 0 saturated heterocycles. The lowest BCUT2D eigenvalue weighted by Gasteiger charge is -2.31. The maximum atomic E-state index is 11.9. The minimum absolute atomic E-state index is 0.00483. The number of carbonyl (C=O) groups excluding carboxylic acids is 2. The molecular formula is C16H13BrN2O2. The molecule has 0 fully saturated rings. The van der Waals surface area contributed by atoms with Gasteiger partial charge in [0.25, 0.3) is 0 Å². The first-order chi connectivity index (χ1) is 10.1. The second-order valence-corrected chi connectivity index (χ2v) is 5.73. The number of para-hydroxylation sites is 2. The lowest BCUT2D eigenvalue weighted by Crippen LogP contribution is -2.34. The van der Waals surface area contributed by atoms with Crippen LogP contribution in [0, 0.1) is 0 Å². The largest absolute Gasteiger partial charge is 0.330 e. The van der Waals surface area contributed by atoms with Crippen LogP contribution in [0.5, 0.6) is 0 Å². The minimum Gasteiger partial charge on any atom is -0.330 e. The normalized spacial score (nSPS) is 13.6. The third-order valence-electron chi connectivity index (χ3n) is 3.41. The van der Waals surface area contributed by atoms with Gasteiger partial charge in [0, 0.05) is 15.7 Å². The quantitative estimate of drug-likeness (QED) is 0.844. The van der Waals surface area contributed by atoms with Crippen molar-refractivity contribution in [1.82, 2.24) is 0 Å². The van der Waals surface area contributed by atoms with Crippen molar-refractivity contribution in [3.8, 4) is 0 Å². The molecule has 2 aromatic carbocycles. The number of hydrogen-bond donors (Lipinski definition) is 1. The molecule has 0 atom stereocenters. The Labute approximate surface area is 130 Å². The van der Waals surface area contributed by atoms with Crippen LogP contribution in [0.3, 0.4) is 0 Å². The summed E-state index contributed by atoms with van der Waals surface area (Å²) in [7, 11) is 0. The maximum Gasteiger partial charge on any atom is 0.244 e. The molecular weight excluding hydrogens is 332 g/mol. The van der Waals surface area contributed by atoms with Crippen LogP contribution < -0.4 is 10.2 Å². The predicted octanol–water partition coefficient (Wildman–Crippen LogP) is 3.74. The summed E-state index contributed by atoms with van der Waals surface area (Å²) in [6.45, 7) is 1.78. The second-order valence-electron chi connectivity index (χ2n) is 4.87. The Morgan fingerprint density at radius 1 is 1.24 bits per heavy atom. The van der Waals surface area contributed by atoms with Crippen molar-refractivity contribution in [2.75, 3.05) is 16.8 Å². The average Bonchev–Trinajstić information content (AvgIpc) is 2.45. The molecule has 106 valence electrons. The van der Waals surface area contributed by atoms with E-state index >= 15 is 0 Å². The molecule has 21 heavy (non-hydrogen) atoms. The molecule has 3 rings (SSSR count). The van der Waals surface area contributed by atoms with Crippen LogP contribution in [0.1, 0.15) is 17.3 Å². The molecule has 0 aliphatic carbocycles. The Morgan fingerprint density at radius 2 is 2.00 bits per heavy atom. The Balaban J connectivity index is 2.07. The number of Topliss-reactive ketones (excluding diaryl/α,β-unsaturated/α-hetero) is 1. The highest BCUT2D eigenvalue weighted by atomic mass is 79.9. The van der Waals surface area contributed by atoms with Gasteiger partial charge in [-0.1, -0.05) is 12.1 Å². The van der Waals surface area contributed by atoms with Gasteiger partial charge < -0.3 is 10.2 Å². The molecule has 5 heteroatoms. The lowest BCUT2D eigenvalue weighted by molar-refractivity contribution is -0.115. The van der Waals surface area contributed by atoms with Crippen molar-refractivity contribution < 1.29 is 9.59 Å². The third-order valence-corrected chi connectivity index (χ3v) is 4.07.